The van der Waals surface area contributed by atoms with Crippen LogP contribution in [0.2, 0.25) is 0 Å². The van der Waals surface area contributed by atoms with Gasteiger partial charge in [-0.1, -0.05) is 35.4 Å². The average molecular weight is 333 g/mol. The zero-order valence-electron chi connectivity index (χ0n) is 13.0. The molecule has 1 fully saturated rings. The van der Waals surface area contributed by atoms with E-state index in [1.807, 2.05) is 30.3 Å². The molecule has 0 aromatic heterocycles. The second kappa shape index (κ2) is 8.64. The first-order chi connectivity index (χ1) is 11.6. The molecule has 1 saturated carbocycles. The number of nitrogens with one attached hydrogen (secondary N) is 2. The molecule has 0 spiro atoms. The largest absolute Gasteiger partial charge is 0.465 e. The standard InChI is InChI=1S/C15H19N5O4/c16-20-19-12-7-6-11(8-13(12)18-14(21)22)17-15(23)24-9-10-4-2-1-3-5-10/h1-5,11-13,18H,6-9H2,(H,17,23)(H,21,22). The van der Waals surface area contributed by atoms with Crippen molar-refractivity contribution in [1.82, 2.24) is 10.6 Å². The Hall–Kier alpha value is -2.93. The van der Waals surface area contributed by atoms with Crippen molar-refractivity contribution < 1.29 is 19.4 Å². The number of benzene rings is 1. The van der Waals surface area contributed by atoms with Gasteiger partial charge in [0.05, 0.1) is 6.04 Å². The number of carbonyl (C=O) groups is 2. The monoisotopic (exact) mass is 333 g/mol. The molecule has 0 bridgehead atoms. The number of alkyl carbamates (subject to hydrolysis) is 1. The van der Waals surface area contributed by atoms with E-state index in [1.165, 1.54) is 0 Å². The number of hydrogen-bond donors (Lipinski definition) is 3. The fraction of sp³-hybridized carbons (Fsp3) is 0.467. The lowest BCUT2D eigenvalue weighted by molar-refractivity contribution is 0.130. The molecular weight excluding hydrogens is 314 g/mol. The first kappa shape index (κ1) is 17.4. The molecule has 2 rings (SSSR count). The summed E-state index contributed by atoms with van der Waals surface area (Å²) in [5.74, 6) is 0. The minimum absolute atomic E-state index is 0.164. The molecule has 3 atom stereocenters. The van der Waals surface area contributed by atoms with E-state index in [9.17, 15) is 9.59 Å². The van der Waals surface area contributed by atoms with E-state index in [2.05, 4.69) is 20.7 Å². The number of nitrogens with zero attached hydrogens (tertiary/aromatic N) is 3. The lowest BCUT2D eigenvalue weighted by atomic mass is 9.87. The summed E-state index contributed by atoms with van der Waals surface area (Å²) in [5, 5.41) is 17.6. The predicted molar refractivity (Wildman–Crippen MR) is 85.3 cm³/mol. The van der Waals surface area contributed by atoms with Crippen LogP contribution in [-0.2, 0) is 11.3 Å². The van der Waals surface area contributed by atoms with Crippen molar-refractivity contribution in [3.63, 3.8) is 0 Å². The van der Waals surface area contributed by atoms with E-state index in [-0.39, 0.29) is 12.6 Å². The van der Waals surface area contributed by atoms with Crippen LogP contribution in [0.15, 0.2) is 35.4 Å². The number of azide groups is 1. The van der Waals surface area contributed by atoms with Crippen molar-refractivity contribution in [3.8, 4) is 0 Å². The van der Waals surface area contributed by atoms with Crippen molar-refractivity contribution in [2.75, 3.05) is 0 Å². The Bertz CT molecular complexity index is 618. The fourth-order valence-electron chi connectivity index (χ4n) is 2.74. The van der Waals surface area contributed by atoms with Gasteiger partial charge in [-0.3, -0.25) is 0 Å². The van der Waals surface area contributed by atoms with E-state index >= 15 is 0 Å². The van der Waals surface area contributed by atoms with Crippen LogP contribution in [0.5, 0.6) is 0 Å². The number of carbonyl (C=O) groups excluding carboxylic acids is 1. The summed E-state index contributed by atoms with van der Waals surface area (Å²) in [7, 11) is 0. The SMILES string of the molecule is [N-]=[N+]=NC1CCC(NC(=O)OCc2ccccc2)CC1NC(=O)O. The van der Waals surface area contributed by atoms with Gasteiger partial charge in [0.2, 0.25) is 0 Å². The van der Waals surface area contributed by atoms with Crippen LogP contribution in [-0.4, -0.2) is 35.4 Å². The maximum atomic E-state index is 11.9. The van der Waals surface area contributed by atoms with Gasteiger partial charge in [-0.15, -0.1) is 0 Å². The van der Waals surface area contributed by atoms with Gasteiger partial charge in [-0.2, -0.15) is 0 Å². The van der Waals surface area contributed by atoms with Crippen LogP contribution in [0.4, 0.5) is 9.59 Å². The quantitative estimate of drug-likeness (QED) is 0.433. The van der Waals surface area contributed by atoms with Gasteiger partial charge in [0.15, 0.2) is 0 Å². The van der Waals surface area contributed by atoms with Gasteiger partial charge in [0.25, 0.3) is 0 Å². The van der Waals surface area contributed by atoms with E-state index in [0.717, 1.165) is 5.56 Å². The van der Waals surface area contributed by atoms with E-state index in [4.69, 9.17) is 15.4 Å². The number of rotatable bonds is 5. The zero-order chi connectivity index (χ0) is 17.4. The molecule has 1 aromatic rings. The summed E-state index contributed by atoms with van der Waals surface area (Å²) in [5.41, 5.74) is 9.43. The van der Waals surface area contributed by atoms with Gasteiger partial charge in [-0.05, 0) is 30.4 Å². The Kier molecular flexibility index (Phi) is 6.27. The Morgan fingerprint density at radius 2 is 2.04 bits per heavy atom. The van der Waals surface area contributed by atoms with Crippen molar-refractivity contribution >= 4 is 12.2 Å². The molecule has 3 N–H and O–H groups in total. The molecule has 9 nitrogen and oxygen atoms in total. The first-order valence-electron chi connectivity index (χ1n) is 7.59. The predicted octanol–water partition coefficient (Wildman–Crippen LogP) is 2.78. The molecule has 0 radical (unpaired) electrons. The van der Waals surface area contributed by atoms with E-state index in [0.29, 0.717) is 19.3 Å². The summed E-state index contributed by atoms with van der Waals surface area (Å²) in [6.07, 6.45) is -0.331. The average Bonchev–Trinajstić information content (AvgIpc) is 2.56. The molecule has 0 saturated heterocycles. The van der Waals surface area contributed by atoms with Crippen LogP contribution in [0.3, 0.4) is 0 Å². The Labute approximate surface area is 138 Å². The van der Waals surface area contributed by atoms with Gasteiger partial charge in [0.1, 0.15) is 6.61 Å². The lowest BCUT2D eigenvalue weighted by Gasteiger charge is -2.33. The molecule has 1 aromatic carbocycles. The maximum Gasteiger partial charge on any atom is 0.407 e. The molecule has 9 heteroatoms. The minimum atomic E-state index is -1.19. The molecule has 0 aliphatic heterocycles. The molecule has 3 unspecified atom stereocenters. The van der Waals surface area contributed by atoms with Gasteiger partial charge < -0.3 is 20.5 Å². The molecular formula is C15H19N5O4. The van der Waals surface area contributed by atoms with Crippen LogP contribution in [0.25, 0.3) is 10.4 Å². The highest BCUT2D eigenvalue weighted by Gasteiger charge is 2.32. The molecule has 0 heterocycles. The summed E-state index contributed by atoms with van der Waals surface area (Å²) >= 11 is 0. The third kappa shape index (κ3) is 5.36. The Morgan fingerprint density at radius 1 is 1.29 bits per heavy atom. The zero-order valence-corrected chi connectivity index (χ0v) is 13.0. The van der Waals surface area contributed by atoms with Crippen molar-refractivity contribution in [3.05, 3.63) is 46.3 Å². The van der Waals surface area contributed by atoms with Crippen molar-refractivity contribution in [1.29, 1.82) is 0 Å². The first-order valence-corrected chi connectivity index (χ1v) is 7.59. The molecule has 1 aliphatic carbocycles. The van der Waals surface area contributed by atoms with Gasteiger partial charge in [0, 0.05) is 17.0 Å². The van der Waals surface area contributed by atoms with Crippen LogP contribution in [0.1, 0.15) is 24.8 Å². The number of amides is 2. The summed E-state index contributed by atoms with van der Waals surface area (Å²) in [6, 6.07) is 8.06. The van der Waals surface area contributed by atoms with Crippen LogP contribution < -0.4 is 10.6 Å². The normalized spacial score (nSPS) is 22.8. The highest BCUT2D eigenvalue weighted by molar-refractivity contribution is 5.68. The fourth-order valence-corrected chi connectivity index (χ4v) is 2.74. The van der Waals surface area contributed by atoms with Gasteiger partial charge >= 0.3 is 12.2 Å². The minimum Gasteiger partial charge on any atom is -0.465 e. The smallest absolute Gasteiger partial charge is 0.407 e. The molecule has 1 aliphatic rings. The number of hydrogen-bond acceptors (Lipinski definition) is 4. The highest BCUT2D eigenvalue weighted by atomic mass is 16.5. The molecule has 2 amide bonds. The second-order valence-electron chi connectivity index (χ2n) is 5.54. The summed E-state index contributed by atoms with van der Waals surface area (Å²) < 4.78 is 5.15. The number of ether oxygens (including phenoxy) is 1. The van der Waals surface area contributed by atoms with Crippen LogP contribution >= 0.6 is 0 Å². The van der Waals surface area contributed by atoms with Gasteiger partial charge in [-0.25, -0.2) is 9.59 Å². The Balaban J connectivity index is 1.84. The second-order valence-corrected chi connectivity index (χ2v) is 5.54. The third-order valence-corrected chi connectivity index (χ3v) is 3.86. The van der Waals surface area contributed by atoms with E-state index in [1.54, 1.807) is 0 Å². The molecule has 24 heavy (non-hydrogen) atoms. The molecule has 128 valence electrons. The maximum absolute atomic E-state index is 11.9. The highest BCUT2D eigenvalue weighted by Crippen LogP contribution is 2.22. The number of carboxylic acid groups (broad SMARTS) is 1. The van der Waals surface area contributed by atoms with Crippen LogP contribution in [0, 0.1) is 0 Å². The lowest BCUT2D eigenvalue weighted by Crippen LogP contribution is -2.51. The topological polar surface area (TPSA) is 136 Å². The van der Waals surface area contributed by atoms with Crippen molar-refractivity contribution in [2.24, 2.45) is 5.11 Å². The summed E-state index contributed by atoms with van der Waals surface area (Å²) in [6.45, 7) is 0.164. The Morgan fingerprint density at radius 3 is 2.71 bits per heavy atom. The van der Waals surface area contributed by atoms with E-state index < -0.39 is 24.3 Å². The summed E-state index contributed by atoms with van der Waals surface area (Å²) in [4.78, 5) is 25.5. The van der Waals surface area contributed by atoms with Crippen molar-refractivity contribution in [2.45, 2.75) is 44.0 Å². The third-order valence-electron chi connectivity index (χ3n) is 3.86.